The minimum absolute atomic E-state index is 0.0486. The molecule has 0 unspecified atom stereocenters. The SMILES string of the molecule is CC[C@H]1[C@@H](O)[C@@H]2[C@H](CC[C@]3(C)[C@@H]([C@H](C)CCOC(=O)CS(=O)(=O)c4cccc(OC)c4)CC[C@@H]23)[C@@]2(C)CC[C@@H](O)C[C@@H]12. The first-order chi connectivity index (χ1) is 19.9. The van der Waals surface area contributed by atoms with Crippen molar-refractivity contribution in [1.82, 2.24) is 0 Å². The van der Waals surface area contributed by atoms with E-state index in [-0.39, 0.29) is 40.5 Å². The minimum atomic E-state index is -3.82. The number of rotatable bonds is 9. The number of hydrogen-bond acceptors (Lipinski definition) is 7. The van der Waals surface area contributed by atoms with E-state index in [9.17, 15) is 23.4 Å². The van der Waals surface area contributed by atoms with E-state index in [0.29, 0.717) is 47.7 Å². The summed E-state index contributed by atoms with van der Waals surface area (Å²) in [7, 11) is -2.35. The van der Waals surface area contributed by atoms with Gasteiger partial charge < -0.3 is 19.7 Å². The van der Waals surface area contributed by atoms with Gasteiger partial charge in [0, 0.05) is 0 Å². The molecule has 11 atom stereocenters. The van der Waals surface area contributed by atoms with Crippen LogP contribution in [0, 0.1) is 52.3 Å². The molecule has 1 aromatic carbocycles. The summed E-state index contributed by atoms with van der Waals surface area (Å²) in [6, 6.07) is 6.13. The Bertz CT molecular complexity index is 1230. The number of methoxy groups -OCH3 is 1. The second-order valence-electron chi connectivity index (χ2n) is 14.5. The van der Waals surface area contributed by atoms with Gasteiger partial charge in [-0.25, -0.2) is 8.42 Å². The molecular formula is C34H52O7S. The number of esters is 1. The van der Waals surface area contributed by atoms with Gasteiger partial charge in [-0.1, -0.05) is 40.2 Å². The number of fused-ring (bicyclic) bond motifs is 5. The molecule has 4 aliphatic carbocycles. The maximum Gasteiger partial charge on any atom is 0.321 e. The Kier molecular flexibility index (Phi) is 9.11. The monoisotopic (exact) mass is 604 g/mol. The van der Waals surface area contributed by atoms with Gasteiger partial charge in [0.1, 0.15) is 5.75 Å². The summed E-state index contributed by atoms with van der Waals surface area (Å²) in [5, 5.41) is 22.4. The van der Waals surface area contributed by atoms with Gasteiger partial charge in [0.15, 0.2) is 15.6 Å². The topological polar surface area (TPSA) is 110 Å². The van der Waals surface area contributed by atoms with Gasteiger partial charge in [0.2, 0.25) is 0 Å². The first-order valence-electron chi connectivity index (χ1n) is 16.2. The first-order valence-corrected chi connectivity index (χ1v) is 17.9. The van der Waals surface area contributed by atoms with Gasteiger partial charge in [-0.05, 0) is 122 Å². The van der Waals surface area contributed by atoms with Crippen LogP contribution in [0.5, 0.6) is 5.75 Å². The standard InChI is InChI=1S/C34H52O7S/c1-6-25-29-18-22(35)12-15-34(29,4)28-13-16-33(3)26(10-11-27(33)31(28)32(25)37)21(2)14-17-41-30(36)20-42(38,39)24-9-7-8-23(19-24)40-5/h7-9,19,21-22,25-29,31-32,35,37H,6,10-18,20H2,1-5H3/t21-,22-,25-,26-,27+,28+,29+,31+,32-,33-,34-/m1/s1. The third kappa shape index (κ3) is 5.53. The number of aliphatic hydroxyl groups is 2. The lowest BCUT2D eigenvalue weighted by molar-refractivity contribution is -0.203. The van der Waals surface area contributed by atoms with Crippen molar-refractivity contribution in [2.45, 2.75) is 103 Å². The lowest BCUT2D eigenvalue weighted by Gasteiger charge is -2.64. The molecule has 4 fully saturated rings. The number of hydrogen-bond donors (Lipinski definition) is 2. The van der Waals surface area contributed by atoms with E-state index < -0.39 is 21.6 Å². The number of aliphatic hydroxyl groups excluding tert-OH is 2. The molecule has 4 saturated carbocycles. The molecule has 42 heavy (non-hydrogen) atoms. The highest BCUT2D eigenvalue weighted by Gasteiger charge is 2.64. The maximum absolute atomic E-state index is 12.7. The number of benzene rings is 1. The lowest BCUT2D eigenvalue weighted by Crippen LogP contribution is -2.62. The summed E-state index contributed by atoms with van der Waals surface area (Å²) < 4.78 is 36.1. The van der Waals surface area contributed by atoms with E-state index in [1.54, 1.807) is 12.1 Å². The summed E-state index contributed by atoms with van der Waals surface area (Å²) >= 11 is 0. The molecule has 4 aliphatic rings. The molecule has 0 heterocycles. The van der Waals surface area contributed by atoms with E-state index >= 15 is 0 Å². The van der Waals surface area contributed by atoms with Crippen LogP contribution >= 0.6 is 0 Å². The molecule has 0 radical (unpaired) electrons. The number of sulfone groups is 1. The highest BCUT2D eigenvalue weighted by atomic mass is 32.2. The van der Waals surface area contributed by atoms with Gasteiger partial charge in [-0.15, -0.1) is 0 Å². The summed E-state index contributed by atoms with van der Waals surface area (Å²) in [6.45, 7) is 9.58. The van der Waals surface area contributed by atoms with E-state index in [0.717, 1.165) is 51.4 Å². The predicted octanol–water partition coefficient (Wildman–Crippen LogP) is 5.67. The van der Waals surface area contributed by atoms with Crippen molar-refractivity contribution >= 4 is 15.8 Å². The zero-order valence-corrected chi connectivity index (χ0v) is 26.9. The number of ether oxygens (including phenoxy) is 2. The molecule has 0 spiro atoms. The lowest BCUT2D eigenvalue weighted by atomic mass is 9.41. The Morgan fingerprint density at radius 1 is 1.05 bits per heavy atom. The van der Waals surface area contributed by atoms with E-state index in [1.807, 2.05) is 0 Å². The number of carbonyl (C=O) groups excluding carboxylic acids is 1. The molecule has 5 rings (SSSR count). The second kappa shape index (κ2) is 12.0. The van der Waals surface area contributed by atoms with Crippen molar-refractivity contribution in [3.63, 3.8) is 0 Å². The molecule has 1 aromatic rings. The van der Waals surface area contributed by atoms with Crippen molar-refractivity contribution in [2.75, 3.05) is 19.5 Å². The Hall–Kier alpha value is -1.64. The molecule has 0 amide bonds. The van der Waals surface area contributed by atoms with Crippen LogP contribution in [0.4, 0.5) is 0 Å². The Balaban J connectivity index is 1.21. The molecule has 0 aliphatic heterocycles. The molecule has 2 N–H and O–H groups in total. The fourth-order valence-electron chi connectivity index (χ4n) is 10.6. The summed E-state index contributed by atoms with van der Waals surface area (Å²) in [5.74, 6) is 1.76. The van der Waals surface area contributed by atoms with Crippen LogP contribution in [0.15, 0.2) is 29.2 Å². The third-order valence-corrected chi connectivity index (χ3v) is 14.3. The molecule has 7 nitrogen and oxygen atoms in total. The van der Waals surface area contributed by atoms with Crippen molar-refractivity contribution < 1.29 is 32.9 Å². The quantitative estimate of drug-likeness (QED) is 0.350. The van der Waals surface area contributed by atoms with E-state index in [4.69, 9.17) is 9.47 Å². The van der Waals surface area contributed by atoms with Crippen molar-refractivity contribution in [3.8, 4) is 5.75 Å². The van der Waals surface area contributed by atoms with Crippen molar-refractivity contribution in [2.24, 2.45) is 52.3 Å². The molecular weight excluding hydrogens is 552 g/mol. The van der Waals surface area contributed by atoms with Crippen LogP contribution in [0.25, 0.3) is 0 Å². The fourth-order valence-corrected chi connectivity index (χ4v) is 11.7. The second-order valence-corrected chi connectivity index (χ2v) is 16.5. The van der Waals surface area contributed by atoms with Crippen LogP contribution in [0.2, 0.25) is 0 Å². The van der Waals surface area contributed by atoms with Crippen molar-refractivity contribution in [3.05, 3.63) is 24.3 Å². The highest BCUT2D eigenvalue weighted by molar-refractivity contribution is 7.92. The minimum Gasteiger partial charge on any atom is -0.497 e. The van der Waals surface area contributed by atoms with Gasteiger partial charge in [-0.2, -0.15) is 0 Å². The highest BCUT2D eigenvalue weighted by Crippen LogP contribution is 2.69. The third-order valence-electron chi connectivity index (χ3n) is 12.7. The zero-order valence-electron chi connectivity index (χ0n) is 26.1. The predicted molar refractivity (Wildman–Crippen MR) is 162 cm³/mol. The zero-order chi connectivity index (χ0) is 30.4. The first kappa shape index (κ1) is 31.8. The average Bonchev–Trinajstić information content (AvgIpc) is 3.31. The van der Waals surface area contributed by atoms with E-state index in [2.05, 4.69) is 27.7 Å². The molecule has 0 aromatic heterocycles. The van der Waals surface area contributed by atoms with Crippen molar-refractivity contribution in [1.29, 1.82) is 0 Å². The molecule has 236 valence electrons. The van der Waals surface area contributed by atoms with Crippen LogP contribution in [-0.2, 0) is 19.4 Å². The Morgan fingerprint density at radius 2 is 1.76 bits per heavy atom. The molecule has 0 bridgehead atoms. The largest absolute Gasteiger partial charge is 0.497 e. The molecule has 0 saturated heterocycles. The average molecular weight is 605 g/mol. The van der Waals surface area contributed by atoms with Gasteiger partial charge in [0.25, 0.3) is 0 Å². The van der Waals surface area contributed by atoms with Gasteiger partial charge in [-0.3, -0.25) is 4.79 Å². The van der Waals surface area contributed by atoms with E-state index in [1.165, 1.54) is 19.2 Å². The summed E-state index contributed by atoms with van der Waals surface area (Å²) in [4.78, 5) is 12.6. The van der Waals surface area contributed by atoms with Gasteiger partial charge >= 0.3 is 5.97 Å². The van der Waals surface area contributed by atoms with Gasteiger partial charge in [0.05, 0.1) is 30.8 Å². The normalized spacial score (nSPS) is 40.4. The van der Waals surface area contributed by atoms with Crippen LogP contribution in [0.3, 0.4) is 0 Å². The van der Waals surface area contributed by atoms with Crippen LogP contribution in [-0.4, -0.2) is 56.3 Å². The summed E-state index contributed by atoms with van der Waals surface area (Å²) in [6.07, 6.45) is 8.41. The number of carbonyl (C=O) groups is 1. The maximum atomic E-state index is 12.7. The van der Waals surface area contributed by atoms with Crippen LogP contribution in [0.1, 0.15) is 85.5 Å². The Morgan fingerprint density at radius 3 is 2.48 bits per heavy atom. The summed E-state index contributed by atoms with van der Waals surface area (Å²) in [5.41, 5.74) is 0.325. The molecule has 8 heteroatoms. The smallest absolute Gasteiger partial charge is 0.321 e. The Labute approximate surface area is 252 Å². The fraction of sp³-hybridized carbons (Fsp3) is 0.794. The van der Waals surface area contributed by atoms with Crippen LogP contribution < -0.4 is 4.74 Å².